The van der Waals surface area contributed by atoms with Gasteiger partial charge in [-0.3, -0.25) is 0 Å². The van der Waals surface area contributed by atoms with Crippen molar-refractivity contribution in [2.75, 3.05) is 19.6 Å². The molecule has 1 aliphatic heterocycles. The number of nitrogens with zero attached hydrogens (tertiary/aromatic N) is 2. The molecule has 136 valence electrons. The minimum atomic E-state index is 0.0531. The maximum atomic E-state index is 12.4. The van der Waals surface area contributed by atoms with Gasteiger partial charge in [0.1, 0.15) is 5.65 Å². The maximum absolute atomic E-state index is 12.4. The molecule has 0 unspecified atom stereocenters. The molecule has 3 heterocycles. The molecule has 1 aliphatic carbocycles. The SMILES string of the molecule is O=C(NCCC1=CCCCC1)N1CC=C(c2c[nH]c3ncccc23)CC1. The second-order valence-corrected chi connectivity index (χ2v) is 7.12. The van der Waals surface area contributed by atoms with E-state index in [0.29, 0.717) is 6.54 Å². The highest BCUT2D eigenvalue weighted by atomic mass is 16.2. The van der Waals surface area contributed by atoms with Crippen molar-refractivity contribution in [1.82, 2.24) is 20.2 Å². The molecule has 0 saturated carbocycles. The van der Waals surface area contributed by atoms with Gasteiger partial charge >= 0.3 is 6.03 Å². The van der Waals surface area contributed by atoms with Crippen molar-refractivity contribution in [3.05, 3.63) is 47.8 Å². The number of rotatable bonds is 4. The molecule has 26 heavy (non-hydrogen) atoms. The third-order valence-corrected chi connectivity index (χ3v) is 5.40. The molecule has 0 atom stereocenters. The van der Waals surface area contributed by atoms with E-state index in [1.807, 2.05) is 17.2 Å². The van der Waals surface area contributed by atoms with Gasteiger partial charge in [-0.1, -0.05) is 17.7 Å². The first kappa shape index (κ1) is 16.9. The molecular weight excluding hydrogens is 324 g/mol. The predicted octanol–water partition coefficient (Wildman–Crippen LogP) is 4.25. The van der Waals surface area contributed by atoms with Gasteiger partial charge in [-0.2, -0.15) is 0 Å². The second-order valence-electron chi connectivity index (χ2n) is 7.12. The number of allylic oxidation sites excluding steroid dienone is 1. The Morgan fingerprint density at radius 3 is 3.04 bits per heavy atom. The van der Waals surface area contributed by atoms with Crippen LogP contribution in [0.1, 0.15) is 44.1 Å². The van der Waals surface area contributed by atoms with Crippen molar-refractivity contribution < 1.29 is 4.79 Å². The van der Waals surface area contributed by atoms with Gasteiger partial charge in [0.15, 0.2) is 0 Å². The lowest BCUT2D eigenvalue weighted by molar-refractivity contribution is 0.203. The van der Waals surface area contributed by atoms with Crippen LogP contribution in [0.4, 0.5) is 4.79 Å². The average Bonchev–Trinajstić information content (AvgIpc) is 3.13. The van der Waals surface area contributed by atoms with Crippen molar-refractivity contribution in [1.29, 1.82) is 0 Å². The fourth-order valence-electron chi connectivity index (χ4n) is 3.89. The van der Waals surface area contributed by atoms with Crippen LogP contribution in [-0.4, -0.2) is 40.5 Å². The highest BCUT2D eigenvalue weighted by molar-refractivity contribution is 5.91. The van der Waals surface area contributed by atoms with Crippen LogP contribution in [-0.2, 0) is 0 Å². The molecule has 2 aliphatic rings. The van der Waals surface area contributed by atoms with E-state index in [-0.39, 0.29) is 6.03 Å². The lowest BCUT2D eigenvalue weighted by Crippen LogP contribution is -2.42. The van der Waals surface area contributed by atoms with Crippen LogP contribution in [0.5, 0.6) is 0 Å². The highest BCUT2D eigenvalue weighted by Crippen LogP contribution is 2.28. The van der Waals surface area contributed by atoms with Crippen molar-refractivity contribution in [2.24, 2.45) is 0 Å². The fraction of sp³-hybridized carbons (Fsp3) is 0.429. The zero-order chi connectivity index (χ0) is 17.8. The van der Waals surface area contributed by atoms with E-state index in [9.17, 15) is 4.79 Å². The van der Waals surface area contributed by atoms with E-state index in [4.69, 9.17) is 0 Å². The number of hydrogen-bond acceptors (Lipinski definition) is 2. The number of aromatic nitrogens is 2. The van der Waals surface area contributed by atoms with Gasteiger partial charge in [-0.05, 0) is 56.2 Å². The monoisotopic (exact) mass is 350 g/mol. The first-order chi connectivity index (χ1) is 12.8. The topological polar surface area (TPSA) is 61.0 Å². The van der Waals surface area contributed by atoms with Crippen molar-refractivity contribution in [3.63, 3.8) is 0 Å². The van der Waals surface area contributed by atoms with Crippen LogP contribution in [0.15, 0.2) is 42.3 Å². The number of urea groups is 1. The van der Waals surface area contributed by atoms with Gasteiger partial charge in [0.2, 0.25) is 0 Å². The van der Waals surface area contributed by atoms with E-state index < -0.39 is 0 Å². The standard InChI is InChI=1S/C21H26N4O/c26-21(23-12-8-16-5-2-1-3-6-16)25-13-9-17(10-14-25)19-15-24-20-18(19)7-4-11-22-20/h4-5,7,9,11,15H,1-3,6,8,10,12-14H2,(H,22,24)(H,23,26). The van der Waals surface area contributed by atoms with Crippen molar-refractivity contribution in [3.8, 4) is 0 Å². The lowest BCUT2D eigenvalue weighted by atomic mass is 9.97. The molecule has 4 rings (SSSR count). The quantitative estimate of drug-likeness (QED) is 0.810. The minimum absolute atomic E-state index is 0.0531. The predicted molar refractivity (Wildman–Crippen MR) is 105 cm³/mol. The zero-order valence-corrected chi connectivity index (χ0v) is 15.1. The number of amides is 2. The number of fused-ring (bicyclic) bond motifs is 1. The number of pyridine rings is 1. The Bertz CT molecular complexity index is 849. The molecule has 2 amide bonds. The van der Waals surface area contributed by atoms with E-state index in [1.54, 1.807) is 6.20 Å². The Morgan fingerprint density at radius 2 is 2.23 bits per heavy atom. The number of carbonyl (C=O) groups is 1. The van der Waals surface area contributed by atoms with Crippen LogP contribution in [0.25, 0.3) is 16.6 Å². The molecule has 0 aromatic carbocycles. The largest absolute Gasteiger partial charge is 0.346 e. The molecule has 2 aromatic heterocycles. The summed E-state index contributed by atoms with van der Waals surface area (Å²) in [6.07, 6.45) is 15.2. The van der Waals surface area contributed by atoms with E-state index >= 15 is 0 Å². The number of nitrogens with one attached hydrogen (secondary N) is 2. The number of aromatic amines is 1. The average molecular weight is 350 g/mol. The van der Waals surface area contributed by atoms with Gasteiger partial charge < -0.3 is 15.2 Å². The first-order valence-electron chi connectivity index (χ1n) is 9.63. The second kappa shape index (κ2) is 7.77. The van der Waals surface area contributed by atoms with E-state index in [2.05, 4.69) is 33.5 Å². The number of H-pyrrole nitrogens is 1. The molecule has 0 saturated heterocycles. The molecular formula is C21H26N4O. The Hall–Kier alpha value is -2.56. The number of carbonyl (C=O) groups excluding carboxylic acids is 1. The Labute approximate surface area is 154 Å². The molecule has 0 radical (unpaired) electrons. The van der Waals surface area contributed by atoms with E-state index in [1.165, 1.54) is 42.4 Å². The summed E-state index contributed by atoms with van der Waals surface area (Å²) in [5.74, 6) is 0. The summed E-state index contributed by atoms with van der Waals surface area (Å²) in [6.45, 7) is 2.16. The molecule has 0 spiro atoms. The van der Waals surface area contributed by atoms with E-state index in [0.717, 1.165) is 37.0 Å². The van der Waals surface area contributed by atoms with Gasteiger partial charge in [0, 0.05) is 43.0 Å². The van der Waals surface area contributed by atoms with Crippen LogP contribution in [0, 0.1) is 0 Å². The first-order valence-corrected chi connectivity index (χ1v) is 9.63. The smallest absolute Gasteiger partial charge is 0.317 e. The summed E-state index contributed by atoms with van der Waals surface area (Å²) in [7, 11) is 0. The molecule has 5 heteroatoms. The van der Waals surface area contributed by atoms with Crippen molar-refractivity contribution in [2.45, 2.75) is 38.5 Å². The molecule has 0 bridgehead atoms. The van der Waals surface area contributed by atoms with Gasteiger partial charge in [-0.15, -0.1) is 0 Å². The van der Waals surface area contributed by atoms with Crippen LogP contribution >= 0.6 is 0 Å². The zero-order valence-electron chi connectivity index (χ0n) is 15.1. The number of hydrogen-bond donors (Lipinski definition) is 2. The third-order valence-electron chi connectivity index (χ3n) is 5.40. The molecule has 2 aromatic rings. The lowest BCUT2D eigenvalue weighted by Gasteiger charge is -2.27. The third kappa shape index (κ3) is 3.66. The van der Waals surface area contributed by atoms with Crippen LogP contribution in [0.3, 0.4) is 0 Å². The summed E-state index contributed by atoms with van der Waals surface area (Å²) < 4.78 is 0. The Kier molecular flexibility index (Phi) is 5.04. The normalized spacial score (nSPS) is 17.8. The maximum Gasteiger partial charge on any atom is 0.317 e. The van der Waals surface area contributed by atoms with Gasteiger partial charge in [0.25, 0.3) is 0 Å². The molecule has 0 fully saturated rings. The summed E-state index contributed by atoms with van der Waals surface area (Å²) in [6, 6.07) is 4.11. The Balaban J connectivity index is 1.32. The summed E-state index contributed by atoms with van der Waals surface area (Å²) in [4.78, 5) is 21.9. The minimum Gasteiger partial charge on any atom is -0.346 e. The van der Waals surface area contributed by atoms with Gasteiger partial charge in [-0.25, -0.2) is 9.78 Å². The molecule has 2 N–H and O–H groups in total. The highest BCUT2D eigenvalue weighted by Gasteiger charge is 2.19. The summed E-state index contributed by atoms with van der Waals surface area (Å²) >= 11 is 0. The fourth-order valence-corrected chi connectivity index (χ4v) is 3.89. The van der Waals surface area contributed by atoms with Crippen LogP contribution in [0.2, 0.25) is 0 Å². The van der Waals surface area contributed by atoms with Gasteiger partial charge in [0.05, 0.1) is 0 Å². The molecule has 5 nitrogen and oxygen atoms in total. The van der Waals surface area contributed by atoms with Crippen molar-refractivity contribution >= 4 is 22.6 Å². The van der Waals surface area contributed by atoms with Crippen LogP contribution < -0.4 is 5.32 Å². The summed E-state index contributed by atoms with van der Waals surface area (Å²) in [5, 5.41) is 4.23. The Morgan fingerprint density at radius 1 is 1.27 bits per heavy atom. The summed E-state index contributed by atoms with van der Waals surface area (Å²) in [5.41, 5.74) is 4.92.